The third kappa shape index (κ3) is 3.50. The Morgan fingerprint density at radius 1 is 1.33 bits per heavy atom. The summed E-state index contributed by atoms with van der Waals surface area (Å²) in [5.74, 6) is 1.92. The number of ether oxygens (including phenoxy) is 1. The second-order valence-corrected chi connectivity index (χ2v) is 6.59. The van der Waals surface area contributed by atoms with Crippen molar-refractivity contribution in [2.75, 3.05) is 7.11 Å². The van der Waals surface area contributed by atoms with Gasteiger partial charge in [-0.2, -0.15) is 0 Å². The molecule has 0 bridgehead atoms. The van der Waals surface area contributed by atoms with Gasteiger partial charge in [-0.15, -0.1) is 0 Å². The van der Waals surface area contributed by atoms with Gasteiger partial charge in [-0.1, -0.05) is 46.5 Å². The number of alkyl halides is 1. The Morgan fingerprint density at radius 3 is 2.72 bits per heavy atom. The van der Waals surface area contributed by atoms with Crippen molar-refractivity contribution in [1.29, 1.82) is 0 Å². The first-order chi connectivity index (χ1) is 8.70. The maximum absolute atomic E-state index is 5.44. The van der Waals surface area contributed by atoms with Gasteiger partial charge in [-0.3, -0.25) is 0 Å². The first kappa shape index (κ1) is 13.9. The van der Waals surface area contributed by atoms with Crippen molar-refractivity contribution < 1.29 is 4.74 Å². The summed E-state index contributed by atoms with van der Waals surface area (Å²) in [4.78, 5) is 0.671. The van der Waals surface area contributed by atoms with E-state index in [1.165, 1.54) is 43.2 Å². The highest BCUT2D eigenvalue weighted by Crippen LogP contribution is 2.34. The van der Waals surface area contributed by atoms with Crippen molar-refractivity contribution in [1.82, 2.24) is 0 Å². The zero-order chi connectivity index (χ0) is 13.0. The second kappa shape index (κ2) is 6.60. The summed E-state index contributed by atoms with van der Waals surface area (Å²) < 4.78 is 5.44. The lowest BCUT2D eigenvalue weighted by Gasteiger charge is -2.17. The zero-order valence-corrected chi connectivity index (χ0v) is 13.0. The minimum atomic E-state index is 0.671. The highest BCUT2D eigenvalue weighted by atomic mass is 79.9. The molecule has 2 heteroatoms. The van der Waals surface area contributed by atoms with Crippen LogP contribution in [0.3, 0.4) is 0 Å². The van der Waals surface area contributed by atoms with Gasteiger partial charge in [-0.25, -0.2) is 0 Å². The van der Waals surface area contributed by atoms with E-state index in [-0.39, 0.29) is 0 Å². The van der Waals surface area contributed by atoms with Gasteiger partial charge in [0.15, 0.2) is 0 Å². The number of methoxy groups -OCH3 is 1. The molecule has 2 rings (SSSR count). The van der Waals surface area contributed by atoms with Crippen molar-refractivity contribution in [3.8, 4) is 5.75 Å². The van der Waals surface area contributed by atoms with E-state index in [2.05, 4.69) is 41.1 Å². The number of benzene rings is 1. The molecule has 1 aromatic rings. The van der Waals surface area contributed by atoms with E-state index < -0.39 is 0 Å². The van der Waals surface area contributed by atoms with Gasteiger partial charge in [0.05, 0.1) is 7.11 Å². The molecule has 0 spiro atoms. The van der Waals surface area contributed by atoms with Crippen LogP contribution in [0.15, 0.2) is 18.2 Å². The van der Waals surface area contributed by atoms with Gasteiger partial charge in [0.1, 0.15) is 5.75 Å². The summed E-state index contributed by atoms with van der Waals surface area (Å²) >= 11 is 3.89. The average molecular weight is 311 g/mol. The Bertz CT molecular complexity index is 383. The molecule has 1 fully saturated rings. The van der Waals surface area contributed by atoms with Crippen LogP contribution in [0.25, 0.3) is 0 Å². The van der Waals surface area contributed by atoms with Gasteiger partial charge in [0, 0.05) is 4.83 Å². The Labute approximate surface area is 119 Å². The standard InChI is InChI=1S/C16H23BrO/c1-12-7-10-16(18-2)14(11-12)8-9-15(17)13-5-3-4-6-13/h7,10-11,13,15H,3-6,8-9H2,1-2H3. The van der Waals surface area contributed by atoms with Gasteiger partial charge < -0.3 is 4.74 Å². The molecule has 18 heavy (non-hydrogen) atoms. The van der Waals surface area contributed by atoms with E-state index in [9.17, 15) is 0 Å². The lowest BCUT2D eigenvalue weighted by Crippen LogP contribution is -2.12. The van der Waals surface area contributed by atoms with Crippen molar-refractivity contribution in [3.05, 3.63) is 29.3 Å². The van der Waals surface area contributed by atoms with E-state index in [0.29, 0.717) is 4.83 Å². The van der Waals surface area contributed by atoms with E-state index in [1.54, 1.807) is 7.11 Å². The SMILES string of the molecule is COc1ccc(C)cc1CCC(Br)C1CCCC1. The maximum Gasteiger partial charge on any atom is 0.122 e. The maximum atomic E-state index is 5.44. The van der Waals surface area contributed by atoms with Crippen LogP contribution in [-0.2, 0) is 6.42 Å². The smallest absolute Gasteiger partial charge is 0.122 e. The molecule has 1 unspecified atom stereocenters. The van der Waals surface area contributed by atoms with Gasteiger partial charge >= 0.3 is 0 Å². The first-order valence-electron chi connectivity index (χ1n) is 6.98. The fraction of sp³-hybridized carbons (Fsp3) is 0.625. The van der Waals surface area contributed by atoms with Crippen LogP contribution in [0.5, 0.6) is 5.75 Å². The largest absolute Gasteiger partial charge is 0.496 e. The van der Waals surface area contributed by atoms with Crippen molar-refractivity contribution in [2.24, 2.45) is 5.92 Å². The Hall–Kier alpha value is -0.500. The lowest BCUT2D eigenvalue weighted by atomic mass is 9.97. The summed E-state index contributed by atoms with van der Waals surface area (Å²) in [7, 11) is 1.76. The zero-order valence-electron chi connectivity index (χ0n) is 11.4. The highest BCUT2D eigenvalue weighted by Gasteiger charge is 2.22. The van der Waals surface area contributed by atoms with E-state index in [1.807, 2.05) is 0 Å². The molecular formula is C16H23BrO. The topological polar surface area (TPSA) is 9.23 Å². The molecular weight excluding hydrogens is 288 g/mol. The predicted molar refractivity (Wildman–Crippen MR) is 80.7 cm³/mol. The molecule has 1 saturated carbocycles. The van der Waals surface area contributed by atoms with E-state index >= 15 is 0 Å². The van der Waals surface area contributed by atoms with Crippen LogP contribution >= 0.6 is 15.9 Å². The molecule has 0 N–H and O–H groups in total. The highest BCUT2D eigenvalue weighted by molar-refractivity contribution is 9.09. The second-order valence-electron chi connectivity index (χ2n) is 5.41. The van der Waals surface area contributed by atoms with E-state index in [0.717, 1.165) is 18.1 Å². The normalized spacial score (nSPS) is 17.9. The van der Waals surface area contributed by atoms with Crippen LogP contribution < -0.4 is 4.74 Å². The van der Waals surface area contributed by atoms with Crippen LogP contribution in [0.2, 0.25) is 0 Å². The van der Waals surface area contributed by atoms with Crippen LogP contribution in [0.4, 0.5) is 0 Å². The van der Waals surface area contributed by atoms with Crippen LogP contribution in [0, 0.1) is 12.8 Å². The Balaban J connectivity index is 1.94. The lowest BCUT2D eigenvalue weighted by molar-refractivity contribution is 0.407. The van der Waals surface area contributed by atoms with Gasteiger partial charge in [-0.05, 0) is 50.2 Å². The average Bonchev–Trinajstić information content (AvgIpc) is 2.90. The minimum absolute atomic E-state index is 0.671. The summed E-state index contributed by atoms with van der Waals surface area (Å²) in [6, 6.07) is 6.46. The van der Waals surface area contributed by atoms with Crippen LogP contribution in [-0.4, -0.2) is 11.9 Å². The number of halogens is 1. The molecule has 1 aliphatic rings. The molecule has 0 radical (unpaired) electrons. The first-order valence-corrected chi connectivity index (χ1v) is 7.90. The minimum Gasteiger partial charge on any atom is -0.496 e. The van der Waals surface area contributed by atoms with Crippen LogP contribution in [0.1, 0.15) is 43.2 Å². The van der Waals surface area contributed by atoms with Crippen molar-refractivity contribution in [3.63, 3.8) is 0 Å². The fourth-order valence-corrected chi connectivity index (χ4v) is 3.71. The number of aryl methyl sites for hydroxylation is 2. The number of hydrogen-bond acceptors (Lipinski definition) is 1. The molecule has 0 aromatic heterocycles. The van der Waals surface area contributed by atoms with Gasteiger partial charge in [0.2, 0.25) is 0 Å². The summed E-state index contributed by atoms with van der Waals surface area (Å²) in [5, 5.41) is 0. The molecule has 0 aliphatic heterocycles. The predicted octanol–water partition coefficient (Wildman–Crippen LogP) is 4.89. The Morgan fingerprint density at radius 2 is 2.06 bits per heavy atom. The quantitative estimate of drug-likeness (QED) is 0.704. The summed E-state index contributed by atoms with van der Waals surface area (Å²) in [6.45, 7) is 2.14. The molecule has 1 nitrogen and oxygen atoms in total. The molecule has 1 atom stereocenters. The summed E-state index contributed by atoms with van der Waals surface area (Å²) in [6.07, 6.45) is 7.96. The molecule has 100 valence electrons. The monoisotopic (exact) mass is 310 g/mol. The number of hydrogen-bond donors (Lipinski definition) is 0. The third-order valence-electron chi connectivity index (χ3n) is 4.04. The van der Waals surface area contributed by atoms with Gasteiger partial charge in [0.25, 0.3) is 0 Å². The fourth-order valence-electron chi connectivity index (χ4n) is 2.95. The van der Waals surface area contributed by atoms with Crippen molar-refractivity contribution in [2.45, 2.75) is 50.3 Å². The molecule has 0 heterocycles. The molecule has 1 aliphatic carbocycles. The molecule has 1 aromatic carbocycles. The van der Waals surface area contributed by atoms with E-state index in [4.69, 9.17) is 4.74 Å². The molecule has 0 saturated heterocycles. The molecule has 0 amide bonds. The third-order valence-corrected chi connectivity index (χ3v) is 5.24. The Kier molecular flexibility index (Phi) is 5.11. The van der Waals surface area contributed by atoms with Crippen molar-refractivity contribution >= 4 is 15.9 Å². The number of rotatable bonds is 5. The summed E-state index contributed by atoms with van der Waals surface area (Å²) in [5.41, 5.74) is 2.66.